The first-order chi connectivity index (χ1) is 10.9. The molecule has 0 spiro atoms. The lowest BCUT2D eigenvalue weighted by Gasteiger charge is -2.17. The fourth-order valence-electron chi connectivity index (χ4n) is 1.95. The Bertz CT molecular complexity index is 523. The molecule has 6 nitrogen and oxygen atoms in total. The third kappa shape index (κ3) is 8.11. The molecule has 0 bridgehead atoms. The number of rotatable bonds is 10. The lowest BCUT2D eigenvalue weighted by atomic mass is 10.2. The van der Waals surface area contributed by atoms with Crippen LogP contribution in [0.1, 0.15) is 26.7 Å². The zero-order valence-electron chi connectivity index (χ0n) is 13.4. The molecule has 0 fully saturated rings. The van der Waals surface area contributed by atoms with Gasteiger partial charge in [0.05, 0.1) is 37.3 Å². The summed E-state index contributed by atoms with van der Waals surface area (Å²) in [7, 11) is 0. The molecule has 0 aliphatic heterocycles. The molecule has 1 aromatic rings. The first-order valence-corrected chi connectivity index (χ1v) is 8.39. The summed E-state index contributed by atoms with van der Waals surface area (Å²) in [5.41, 5.74) is 0.611. The number of carbonyl (C=O) groups excluding carboxylic acids is 2. The van der Waals surface area contributed by atoms with E-state index in [9.17, 15) is 14.7 Å². The van der Waals surface area contributed by atoms with Crippen LogP contribution in [0.3, 0.4) is 0 Å². The number of para-hydroxylation sites is 1. The summed E-state index contributed by atoms with van der Waals surface area (Å²) in [6, 6.07) is 6.25. The number of nitrogens with two attached hydrogens (primary N) is 1. The first-order valence-electron chi connectivity index (χ1n) is 7.60. The van der Waals surface area contributed by atoms with E-state index in [4.69, 9.17) is 4.74 Å². The average molecular weight is 387 g/mol. The highest BCUT2D eigenvalue weighted by Gasteiger charge is 2.18. The van der Waals surface area contributed by atoms with Crippen LogP contribution in [0.2, 0.25) is 0 Å². The lowest BCUT2D eigenvalue weighted by molar-refractivity contribution is -0.682. The second-order valence-electron chi connectivity index (χ2n) is 5.46. The van der Waals surface area contributed by atoms with E-state index in [0.717, 1.165) is 4.47 Å². The highest BCUT2D eigenvalue weighted by Crippen LogP contribution is 2.21. The maximum Gasteiger partial charge on any atom is 0.230 e. The van der Waals surface area contributed by atoms with E-state index in [1.54, 1.807) is 23.5 Å². The summed E-state index contributed by atoms with van der Waals surface area (Å²) in [4.78, 5) is 23.2. The van der Waals surface area contributed by atoms with Crippen LogP contribution in [0, 0.1) is 0 Å². The molecule has 128 valence electrons. The van der Waals surface area contributed by atoms with Crippen molar-refractivity contribution in [2.45, 2.75) is 38.8 Å². The number of nitrogens with one attached hydrogen (secondary N) is 1. The van der Waals surface area contributed by atoms with Gasteiger partial charge >= 0.3 is 0 Å². The van der Waals surface area contributed by atoms with E-state index in [1.807, 2.05) is 19.9 Å². The fraction of sp³-hybridized carbons (Fsp3) is 0.500. The first kappa shape index (κ1) is 19.6. The van der Waals surface area contributed by atoms with Crippen LogP contribution >= 0.6 is 15.9 Å². The number of carboxylic acids is 1. The van der Waals surface area contributed by atoms with E-state index < -0.39 is 12.0 Å². The van der Waals surface area contributed by atoms with Gasteiger partial charge in [0, 0.05) is 10.9 Å². The van der Waals surface area contributed by atoms with Crippen LogP contribution in [0.25, 0.3) is 0 Å². The molecule has 0 saturated carbocycles. The zero-order chi connectivity index (χ0) is 17.2. The minimum absolute atomic E-state index is 0.144. The highest BCUT2D eigenvalue weighted by molar-refractivity contribution is 9.10. The summed E-state index contributed by atoms with van der Waals surface area (Å²) < 4.78 is 6.13. The summed E-state index contributed by atoms with van der Waals surface area (Å²) in [6.45, 7) is 5.02. The SMILES string of the molecule is CC(C)OCCC[NH2+][C@@H](CC(=O)Nc1ccccc1Br)C(=O)[O-]. The van der Waals surface area contributed by atoms with Crippen LogP contribution in [0.5, 0.6) is 0 Å². The third-order valence-corrected chi connectivity index (χ3v) is 3.80. The van der Waals surface area contributed by atoms with E-state index >= 15 is 0 Å². The molecule has 0 unspecified atom stereocenters. The fourth-order valence-corrected chi connectivity index (χ4v) is 2.33. The van der Waals surface area contributed by atoms with Gasteiger partial charge in [0.1, 0.15) is 6.04 Å². The van der Waals surface area contributed by atoms with Gasteiger partial charge < -0.3 is 25.3 Å². The van der Waals surface area contributed by atoms with Crippen molar-refractivity contribution in [2.75, 3.05) is 18.5 Å². The van der Waals surface area contributed by atoms with Gasteiger partial charge in [-0.25, -0.2) is 0 Å². The Labute approximate surface area is 144 Å². The lowest BCUT2D eigenvalue weighted by Crippen LogP contribution is -2.93. The Morgan fingerprint density at radius 1 is 1.35 bits per heavy atom. The minimum atomic E-state index is -1.24. The second kappa shape index (κ2) is 10.4. The summed E-state index contributed by atoms with van der Waals surface area (Å²) in [6.07, 6.45) is 0.727. The molecule has 0 aliphatic rings. The van der Waals surface area contributed by atoms with Gasteiger partial charge in [-0.05, 0) is 41.9 Å². The molecule has 0 aromatic heterocycles. The quantitative estimate of drug-likeness (QED) is 0.564. The van der Waals surface area contributed by atoms with Gasteiger partial charge in [-0.3, -0.25) is 4.79 Å². The van der Waals surface area contributed by atoms with E-state index in [2.05, 4.69) is 21.2 Å². The monoisotopic (exact) mass is 386 g/mol. The number of halogens is 1. The number of ether oxygens (including phenoxy) is 1. The number of carboxylic acid groups (broad SMARTS) is 1. The van der Waals surface area contributed by atoms with Gasteiger partial charge in [-0.2, -0.15) is 0 Å². The standard InChI is InChI=1S/C16H23BrN2O4/c1-11(2)23-9-5-8-18-14(16(21)22)10-15(20)19-13-7-4-3-6-12(13)17/h3-4,6-7,11,14,18H,5,8-10H2,1-2H3,(H,19,20)(H,21,22)/t14-/m0/s1. The van der Waals surface area contributed by atoms with Crippen LogP contribution in [0.15, 0.2) is 28.7 Å². The minimum Gasteiger partial charge on any atom is -0.544 e. The van der Waals surface area contributed by atoms with Crippen LogP contribution in [-0.2, 0) is 14.3 Å². The molecule has 7 heteroatoms. The molecule has 1 atom stereocenters. The van der Waals surface area contributed by atoms with Crippen molar-refractivity contribution in [1.29, 1.82) is 0 Å². The number of hydrogen-bond donors (Lipinski definition) is 2. The van der Waals surface area contributed by atoms with Gasteiger partial charge in [0.25, 0.3) is 0 Å². The zero-order valence-corrected chi connectivity index (χ0v) is 15.0. The Morgan fingerprint density at radius 2 is 2.04 bits per heavy atom. The van der Waals surface area contributed by atoms with E-state index in [0.29, 0.717) is 25.3 Å². The van der Waals surface area contributed by atoms with E-state index in [-0.39, 0.29) is 18.4 Å². The predicted octanol–water partition coefficient (Wildman–Crippen LogP) is 0.275. The van der Waals surface area contributed by atoms with Crippen molar-refractivity contribution in [3.63, 3.8) is 0 Å². The van der Waals surface area contributed by atoms with Gasteiger partial charge in [0.2, 0.25) is 5.91 Å². The molecule has 23 heavy (non-hydrogen) atoms. The normalized spacial score (nSPS) is 12.2. The molecule has 0 aliphatic carbocycles. The van der Waals surface area contributed by atoms with Crippen molar-refractivity contribution < 1.29 is 24.7 Å². The summed E-state index contributed by atoms with van der Waals surface area (Å²) in [5, 5.41) is 15.5. The number of aliphatic carboxylic acids is 1. The number of quaternary nitrogens is 1. The molecule has 3 N–H and O–H groups in total. The molecule has 0 radical (unpaired) electrons. The number of hydrogen-bond acceptors (Lipinski definition) is 4. The average Bonchev–Trinajstić information content (AvgIpc) is 2.47. The Morgan fingerprint density at radius 3 is 2.65 bits per heavy atom. The maximum absolute atomic E-state index is 12.0. The van der Waals surface area contributed by atoms with Crippen LogP contribution in [0.4, 0.5) is 5.69 Å². The second-order valence-corrected chi connectivity index (χ2v) is 6.31. The smallest absolute Gasteiger partial charge is 0.230 e. The Balaban J connectivity index is 2.41. The maximum atomic E-state index is 12.0. The van der Waals surface area contributed by atoms with E-state index in [1.165, 1.54) is 0 Å². The molecule has 1 amide bonds. The number of amides is 1. The van der Waals surface area contributed by atoms with Gasteiger partial charge in [-0.1, -0.05) is 12.1 Å². The molecular weight excluding hydrogens is 364 g/mol. The number of anilines is 1. The van der Waals surface area contributed by atoms with Crippen molar-refractivity contribution in [2.24, 2.45) is 0 Å². The molecule has 0 heterocycles. The van der Waals surface area contributed by atoms with Crippen molar-refractivity contribution in [1.82, 2.24) is 0 Å². The summed E-state index contributed by atoms with van der Waals surface area (Å²) in [5.74, 6) is -1.60. The molecule has 1 rings (SSSR count). The van der Waals surface area contributed by atoms with Crippen LogP contribution < -0.4 is 15.7 Å². The predicted molar refractivity (Wildman–Crippen MR) is 88.7 cm³/mol. The third-order valence-electron chi connectivity index (χ3n) is 3.11. The topological polar surface area (TPSA) is 95.1 Å². The number of benzene rings is 1. The molecular formula is C16H23BrN2O4. The summed E-state index contributed by atoms with van der Waals surface area (Å²) >= 11 is 3.33. The van der Waals surface area contributed by atoms with Crippen molar-refractivity contribution >= 4 is 33.5 Å². The van der Waals surface area contributed by atoms with Crippen molar-refractivity contribution in [3.05, 3.63) is 28.7 Å². The van der Waals surface area contributed by atoms with Crippen molar-refractivity contribution in [3.8, 4) is 0 Å². The molecule has 0 saturated heterocycles. The Kier molecular flexibility index (Phi) is 8.83. The van der Waals surface area contributed by atoms with Crippen LogP contribution in [-0.4, -0.2) is 37.2 Å². The van der Waals surface area contributed by atoms with Gasteiger partial charge in [-0.15, -0.1) is 0 Å². The number of carbonyl (C=O) groups is 2. The Hall–Kier alpha value is -1.44. The highest BCUT2D eigenvalue weighted by atomic mass is 79.9. The largest absolute Gasteiger partial charge is 0.544 e. The molecule has 1 aromatic carbocycles. The van der Waals surface area contributed by atoms with Gasteiger partial charge in [0.15, 0.2) is 0 Å².